The number of ether oxygens (including phenoxy) is 1. The zero-order chi connectivity index (χ0) is 13.1. The van der Waals surface area contributed by atoms with Crippen LogP contribution in [0.4, 0.5) is 18.0 Å². The van der Waals surface area contributed by atoms with Crippen LogP contribution in [0.25, 0.3) is 0 Å². The molecule has 0 spiro atoms. The van der Waals surface area contributed by atoms with E-state index < -0.39 is 24.9 Å². The van der Waals surface area contributed by atoms with Crippen LogP contribution in [0.2, 0.25) is 0 Å². The summed E-state index contributed by atoms with van der Waals surface area (Å²) in [5, 5.41) is 1.77. The van der Waals surface area contributed by atoms with Gasteiger partial charge >= 0.3 is 12.2 Å². The number of carbonyl (C=O) groups is 1. The van der Waals surface area contributed by atoms with Gasteiger partial charge in [0.25, 0.3) is 0 Å². The highest BCUT2D eigenvalue weighted by Crippen LogP contribution is 2.13. The van der Waals surface area contributed by atoms with E-state index in [4.69, 9.17) is 22.7 Å². The number of urea groups is 1. The number of thiocarbonyl (C=S) groups is 1. The predicted octanol–water partition coefficient (Wildman–Crippen LogP) is 0.245. The van der Waals surface area contributed by atoms with Crippen molar-refractivity contribution < 1.29 is 22.7 Å². The van der Waals surface area contributed by atoms with Crippen LogP contribution in [0.5, 0.6) is 0 Å². The summed E-state index contributed by atoms with van der Waals surface area (Å²) >= 11 is 4.69. The topological polar surface area (TPSA) is 67.6 Å². The molecule has 0 radical (unpaired) electrons. The molecule has 0 bridgehead atoms. The number of amides is 2. The Hall–Kier alpha value is -1.09. The van der Waals surface area contributed by atoms with Gasteiger partial charge in [0.2, 0.25) is 0 Å². The van der Waals surface area contributed by atoms with E-state index in [1.807, 2.05) is 0 Å². The van der Waals surface area contributed by atoms with Crippen LogP contribution >= 0.6 is 12.2 Å². The van der Waals surface area contributed by atoms with E-state index in [2.05, 4.69) is 0 Å². The minimum Gasteiger partial charge on any atom is -0.391 e. The van der Waals surface area contributed by atoms with Crippen molar-refractivity contribution in [1.82, 2.24) is 10.2 Å². The first-order valence-electron chi connectivity index (χ1n) is 4.80. The van der Waals surface area contributed by atoms with Crippen LogP contribution in [-0.4, -0.2) is 54.4 Å². The number of rotatable bonds is 2. The van der Waals surface area contributed by atoms with Crippen molar-refractivity contribution in [2.45, 2.75) is 12.3 Å². The van der Waals surface area contributed by atoms with Crippen molar-refractivity contribution in [3.05, 3.63) is 0 Å². The molecule has 0 aliphatic carbocycles. The number of nitrogens with one attached hydrogen (secondary N) is 1. The molecule has 1 atom stereocenters. The van der Waals surface area contributed by atoms with Crippen LogP contribution < -0.4 is 11.1 Å². The number of alkyl halides is 3. The highest BCUT2D eigenvalue weighted by Gasteiger charge is 2.31. The van der Waals surface area contributed by atoms with E-state index in [1.54, 1.807) is 5.32 Å². The molecule has 17 heavy (non-hydrogen) atoms. The number of nitrogens with two attached hydrogens (primary N) is 1. The largest absolute Gasteiger partial charge is 0.405 e. The minimum atomic E-state index is -4.43. The average Bonchev–Trinajstić information content (AvgIpc) is 2.25. The number of hydrogen-bond donors (Lipinski definition) is 2. The Balaban J connectivity index is 2.44. The van der Waals surface area contributed by atoms with Crippen molar-refractivity contribution in [3.8, 4) is 0 Å². The Kier molecular flexibility index (Phi) is 4.52. The van der Waals surface area contributed by atoms with Crippen molar-refractivity contribution in [3.63, 3.8) is 0 Å². The van der Waals surface area contributed by atoms with Gasteiger partial charge in [-0.3, -0.25) is 0 Å². The van der Waals surface area contributed by atoms with E-state index >= 15 is 0 Å². The fraction of sp³-hybridized carbons (Fsp3) is 0.750. The van der Waals surface area contributed by atoms with Crippen LogP contribution in [0, 0.1) is 0 Å². The SMILES string of the molecule is NC(=S)C1CN(C(=O)NCC(F)(F)F)CCO1. The summed E-state index contributed by atoms with van der Waals surface area (Å²) in [6, 6.07) is -0.799. The normalized spacial score (nSPS) is 21.1. The molecule has 0 aromatic rings. The molecule has 1 rings (SSSR count). The molecule has 0 aromatic carbocycles. The van der Waals surface area contributed by atoms with Crippen LogP contribution in [-0.2, 0) is 4.74 Å². The lowest BCUT2D eigenvalue weighted by Gasteiger charge is -2.32. The highest BCUT2D eigenvalue weighted by atomic mass is 32.1. The predicted molar refractivity (Wildman–Crippen MR) is 57.6 cm³/mol. The van der Waals surface area contributed by atoms with E-state index in [9.17, 15) is 18.0 Å². The summed E-state index contributed by atoms with van der Waals surface area (Å²) in [7, 11) is 0. The maximum Gasteiger partial charge on any atom is 0.405 e. The summed E-state index contributed by atoms with van der Waals surface area (Å²) in [5.41, 5.74) is 5.34. The quantitative estimate of drug-likeness (QED) is 0.706. The average molecular weight is 271 g/mol. The molecule has 1 aliphatic rings. The Morgan fingerprint density at radius 2 is 2.24 bits per heavy atom. The van der Waals surface area contributed by atoms with Crippen LogP contribution in [0.15, 0.2) is 0 Å². The summed E-state index contributed by atoms with van der Waals surface area (Å²) in [5.74, 6) is 0. The monoisotopic (exact) mass is 271 g/mol. The molecule has 1 fully saturated rings. The highest BCUT2D eigenvalue weighted by molar-refractivity contribution is 7.80. The second kappa shape index (κ2) is 5.50. The molecule has 1 heterocycles. The van der Waals surface area contributed by atoms with Gasteiger partial charge in [-0.2, -0.15) is 13.2 Å². The second-order valence-corrected chi connectivity index (χ2v) is 3.95. The summed E-state index contributed by atoms with van der Waals surface area (Å²) in [4.78, 5) is 12.7. The van der Waals surface area contributed by atoms with Gasteiger partial charge in [-0.15, -0.1) is 0 Å². The van der Waals surface area contributed by atoms with Gasteiger partial charge < -0.3 is 20.7 Å². The molecular formula is C8H12F3N3O2S. The first-order chi connectivity index (χ1) is 7.79. The maximum atomic E-state index is 11.9. The molecule has 9 heteroatoms. The molecule has 1 saturated heterocycles. The molecule has 2 amide bonds. The molecule has 3 N–H and O–H groups in total. The first-order valence-corrected chi connectivity index (χ1v) is 5.21. The van der Waals surface area contributed by atoms with Crippen molar-refractivity contribution in [1.29, 1.82) is 0 Å². The summed E-state index contributed by atoms with van der Waals surface area (Å²) < 4.78 is 40.8. The van der Waals surface area contributed by atoms with Gasteiger partial charge in [-0.1, -0.05) is 12.2 Å². The molecule has 1 aliphatic heterocycles. The number of carbonyl (C=O) groups excluding carboxylic acids is 1. The molecule has 98 valence electrons. The van der Waals surface area contributed by atoms with E-state index in [-0.39, 0.29) is 24.7 Å². The van der Waals surface area contributed by atoms with Gasteiger partial charge in [0.05, 0.1) is 13.2 Å². The zero-order valence-corrected chi connectivity index (χ0v) is 9.61. The smallest absolute Gasteiger partial charge is 0.391 e. The molecule has 0 aromatic heterocycles. The van der Waals surface area contributed by atoms with Gasteiger partial charge in [0.1, 0.15) is 17.6 Å². The van der Waals surface area contributed by atoms with Crippen molar-refractivity contribution in [2.24, 2.45) is 5.73 Å². The fourth-order valence-electron chi connectivity index (χ4n) is 1.29. The maximum absolute atomic E-state index is 11.9. The Labute approximate surface area is 101 Å². The van der Waals surface area contributed by atoms with Crippen molar-refractivity contribution in [2.75, 3.05) is 26.2 Å². The van der Waals surface area contributed by atoms with Gasteiger partial charge in [-0.05, 0) is 0 Å². The minimum absolute atomic E-state index is 0.0685. The Morgan fingerprint density at radius 3 is 2.76 bits per heavy atom. The van der Waals surface area contributed by atoms with E-state index in [0.29, 0.717) is 0 Å². The summed E-state index contributed by atoms with van der Waals surface area (Å²) in [6.45, 7) is -0.885. The molecule has 0 saturated carbocycles. The van der Waals surface area contributed by atoms with Gasteiger partial charge in [-0.25, -0.2) is 4.79 Å². The van der Waals surface area contributed by atoms with Crippen LogP contribution in [0.1, 0.15) is 0 Å². The molecular weight excluding hydrogens is 259 g/mol. The molecule has 1 unspecified atom stereocenters. The van der Waals surface area contributed by atoms with E-state index in [0.717, 1.165) is 0 Å². The zero-order valence-electron chi connectivity index (χ0n) is 8.79. The third-order valence-corrected chi connectivity index (χ3v) is 2.37. The third kappa shape index (κ3) is 4.73. The second-order valence-electron chi connectivity index (χ2n) is 3.48. The van der Waals surface area contributed by atoms with Gasteiger partial charge in [0.15, 0.2) is 0 Å². The van der Waals surface area contributed by atoms with E-state index in [1.165, 1.54) is 4.90 Å². The third-order valence-electron chi connectivity index (χ3n) is 2.11. The summed E-state index contributed by atoms with van der Waals surface area (Å²) in [6.07, 6.45) is -5.03. The van der Waals surface area contributed by atoms with Gasteiger partial charge in [0, 0.05) is 6.54 Å². The number of halogens is 3. The Morgan fingerprint density at radius 1 is 1.59 bits per heavy atom. The number of morpholine rings is 1. The standard InChI is InChI=1S/C8H12F3N3O2S/c9-8(10,11)4-13-7(15)14-1-2-16-5(3-14)6(12)17/h5H,1-4H2,(H2,12,17)(H,13,15). The first kappa shape index (κ1) is 14.0. The lowest BCUT2D eigenvalue weighted by molar-refractivity contribution is -0.123. The fourth-order valence-corrected chi connectivity index (χ4v) is 1.44. The Bertz CT molecular complexity index is 311. The van der Waals surface area contributed by atoms with Crippen molar-refractivity contribution >= 4 is 23.2 Å². The van der Waals surface area contributed by atoms with Crippen LogP contribution in [0.3, 0.4) is 0 Å². The number of nitrogens with zero attached hydrogens (tertiary/aromatic N) is 1. The molecule has 5 nitrogen and oxygen atoms in total. The lowest BCUT2D eigenvalue weighted by Crippen LogP contribution is -2.53. The lowest BCUT2D eigenvalue weighted by atomic mass is 10.3. The number of hydrogen-bond acceptors (Lipinski definition) is 3.